The number of aromatic nitrogens is 2. The lowest BCUT2D eigenvalue weighted by Gasteiger charge is -2.03. The minimum absolute atomic E-state index is 1.01. The van der Waals surface area contributed by atoms with E-state index in [0.29, 0.717) is 0 Å². The van der Waals surface area contributed by atoms with Crippen molar-refractivity contribution in [2.45, 2.75) is 0 Å². The first kappa shape index (κ1) is 10.9. The second-order valence-electron chi connectivity index (χ2n) is 5.41. The van der Waals surface area contributed by atoms with Crippen LogP contribution in [0.4, 0.5) is 0 Å². The van der Waals surface area contributed by atoms with Crippen molar-refractivity contribution in [2.24, 2.45) is 0 Å². The summed E-state index contributed by atoms with van der Waals surface area (Å²) < 4.78 is 0. The fraction of sp³-hybridized carbons (Fsp3) is 0. The van der Waals surface area contributed by atoms with E-state index >= 15 is 0 Å². The van der Waals surface area contributed by atoms with Crippen molar-refractivity contribution in [3.8, 4) is 0 Å². The lowest BCUT2D eigenvalue weighted by atomic mass is 10.1. The Labute approximate surface area is 120 Å². The van der Waals surface area contributed by atoms with Crippen molar-refractivity contribution in [3.05, 3.63) is 77.4 Å². The molecule has 21 heavy (non-hydrogen) atoms. The van der Waals surface area contributed by atoms with E-state index in [2.05, 4.69) is 64.6 Å². The topological polar surface area (TPSA) is 28.7 Å². The molecule has 0 unspecified atom stereocenters. The van der Waals surface area contributed by atoms with E-state index in [4.69, 9.17) is 0 Å². The summed E-state index contributed by atoms with van der Waals surface area (Å²) in [7, 11) is 0. The number of aromatic amines is 1. The molecular formula is C19H12N2. The van der Waals surface area contributed by atoms with Crippen LogP contribution in [0, 0.1) is 10.4 Å². The molecule has 0 saturated heterocycles. The molecule has 0 radical (unpaired) electrons. The Morgan fingerprint density at radius 3 is 2.67 bits per heavy atom. The summed E-state index contributed by atoms with van der Waals surface area (Å²) in [6.07, 6.45) is 3.87. The molecule has 2 nitrogen and oxygen atoms in total. The van der Waals surface area contributed by atoms with Crippen LogP contribution in [0.25, 0.3) is 32.6 Å². The van der Waals surface area contributed by atoms with E-state index in [1.807, 2.05) is 12.4 Å². The van der Waals surface area contributed by atoms with Gasteiger partial charge in [0, 0.05) is 28.3 Å². The number of benzene rings is 2. The fourth-order valence-electron chi connectivity index (χ4n) is 3.34. The minimum atomic E-state index is 1.01. The summed E-state index contributed by atoms with van der Waals surface area (Å²) in [4.78, 5) is 7.90. The highest BCUT2D eigenvalue weighted by Gasteiger charge is 2.06. The van der Waals surface area contributed by atoms with Crippen molar-refractivity contribution < 1.29 is 0 Å². The van der Waals surface area contributed by atoms with Crippen LogP contribution in [0.3, 0.4) is 0 Å². The van der Waals surface area contributed by atoms with E-state index in [0.717, 1.165) is 11.0 Å². The van der Waals surface area contributed by atoms with Gasteiger partial charge in [-0.1, -0.05) is 36.4 Å². The summed E-state index contributed by atoms with van der Waals surface area (Å²) in [5, 5.41) is 7.54. The first-order valence-electron chi connectivity index (χ1n) is 7.08. The Hall–Kier alpha value is -2.87. The predicted molar refractivity (Wildman–Crippen MR) is 86.4 cm³/mol. The molecule has 2 aliphatic rings. The van der Waals surface area contributed by atoms with E-state index in [1.54, 1.807) is 0 Å². The Kier molecular flexibility index (Phi) is 1.98. The van der Waals surface area contributed by atoms with Crippen molar-refractivity contribution >= 4 is 32.6 Å². The average molecular weight is 268 g/mol. The molecule has 0 amide bonds. The van der Waals surface area contributed by atoms with Crippen LogP contribution in [-0.4, -0.2) is 9.97 Å². The van der Waals surface area contributed by atoms with Crippen molar-refractivity contribution in [2.75, 3.05) is 0 Å². The van der Waals surface area contributed by atoms with Crippen LogP contribution in [0.1, 0.15) is 0 Å². The van der Waals surface area contributed by atoms with Crippen molar-refractivity contribution in [1.29, 1.82) is 0 Å². The lowest BCUT2D eigenvalue weighted by molar-refractivity contribution is 1.31. The van der Waals surface area contributed by atoms with Gasteiger partial charge in [0.2, 0.25) is 0 Å². The minimum Gasteiger partial charge on any atom is -0.359 e. The smallest absolute Gasteiger partial charge is 0.0874 e. The van der Waals surface area contributed by atoms with Crippen molar-refractivity contribution in [1.82, 2.24) is 9.97 Å². The highest BCUT2D eigenvalue weighted by atomic mass is 14.7. The number of pyridine rings is 1. The molecule has 1 aliphatic carbocycles. The van der Waals surface area contributed by atoms with Gasteiger partial charge in [0.15, 0.2) is 0 Å². The summed E-state index contributed by atoms with van der Waals surface area (Å²) in [6, 6.07) is 19.4. The summed E-state index contributed by atoms with van der Waals surface area (Å²) in [5.41, 5.74) is 2.16. The van der Waals surface area contributed by atoms with Gasteiger partial charge >= 0.3 is 0 Å². The van der Waals surface area contributed by atoms with Crippen LogP contribution in [-0.2, 0) is 0 Å². The van der Waals surface area contributed by atoms with Crippen molar-refractivity contribution in [3.63, 3.8) is 0 Å². The van der Waals surface area contributed by atoms with Crippen LogP contribution in [0.5, 0.6) is 0 Å². The number of H-pyrrole nitrogens is 1. The van der Waals surface area contributed by atoms with Crippen LogP contribution < -0.4 is 0 Å². The maximum atomic E-state index is 4.52. The molecule has 98 valence electrons. The largest absolute Gasteiger partial charge is 0.359 e. The second-order valence-corrected chi connectivity index (χ2v) is 5.41. The zero-order chi connectivity index (χ0) is 13.8. The number of fused-ring (bicyclic) bond motifs is 2. The van der Waals surface area contributed by atoms with Gasteiger partial charge in [-0.15, -0.1) is 0 Å². The summed E-state index contributed by atoms with van der Waals surface area (Å²) in [6.45, 7) is 0. The van der Waals surface area contributed by atoms with E-state index in [-0.39, 0.29) is 0 Å². The van der Waals surface area contributed by atoms with Crippen LogP contribution in [0.2, 0.25) is 0 Å². The number of nitrogens with one attached hydrogen (secondary N) is 1. The molecule has 5 rings (SSSR count). The monoisotopic (exact) mass is 268 g/mol. The zero-order valence-electron chi connectivity index (χ0n) is 11.3. The molecule has 0 atom stereocenters. The molecule has 1 N–H and O–H groups in total. The maximum absolute atomic E-state index is 4.52. The first-order valence-corrected chi connectivity index (χ1v) is 7.08. The van der Waals surface area contributed by atoms with E-state index in [1.165, 1.54) is 32.0 Å². The number of hydrogen-bond donors (Lipinski definition) is 1. The Morgan fingerprint density at radius 1 is 0.762 bits per heavy atom. The van der Waals surface area contributed by atoms with Gasteiger partial charge < -0.3 is 4.98 Å². The molecule has 1 aromatic heterocycles. The molecule has 0 saturated carbocycles. The molecule has 2 heterocycles. The third-order valence-corrected chi connectivity index (χ3v) is 4.25. The van der Waals surface area contributed by atoms with Gasteiger partial charge in [-0.3, -0.25) is 4.98 Å². The SMILES string of the molecule is c1ccc2c(c1)cc1ccnc3c[nH]c4cccc2c4=c13. The third kappa shape index (κ3) is 1.39. The molecule has 0 bridgehead atoms. The lowest BCUT2D eigenvalue weighted by Crippen LogP contribution is -1.87. The second kappa shape index (κ2) is 3.83. The molecule has 3 aromatic rings. The Bertz CT molecular complexity index is 1180. The van der Waals surface area contributed by atoms with E-state index in [9.17, 15) is 0 Å². The molecule has 1 aliphatic heterocycles. The summed E-state index contributed by atoms with van der Waals surface area (Å²) >= 11 is 0. The van der Waals surface area contributed by atoms with Gasteiger partial charge in [-0.2, -0.15) is 0 Å². The van der Waals surface area contributed by atoms with Gasteiger partial charge in [0.05, 0.1) is 5.52 Å². The number of rotatable bonds is 0. The summed E-state index contributed by atoms with van der Waals surface area (Å²) in [5.74, 6) is 0. The highest BCUT2D eigenvalue weighted by Crippen LogP contribution is 2.27. The highest BCUT2D eigenvalue weighted by molar-refractivity contribution is 6.01. The van der Waals surface area contributed by atoms with E-state index < -0.39 is 0 Å². The van der Waals surface area contributed by atoms with Gasteiger partial charge in [0.1, 0.15) is 0 Å². The zero-order valence-corrected chi connectivity index (χ0v) is 11.3. The molecule has 2 aromatic carbocycles. The molecule has 0 fully saturated rings. The van der Waals surface area contributed by atoms with Crippen LogP contribution in [0.15, 0.2) is 67.0 Å². The van der Waals surface area contributed by atoms with Gasteiger partial charge in [-0.05, 0) is 39.7 Å². The molecule has 0 spiro atoms. The number of nitrogens with zero attached hydrogens (tertiary/aromatic N) is 1. The Balaban J connectivity index is 2.37. The van der Waals surface area contributed by atoms with Crippen LogP contribution >= 0.6 is 0 Å². The maximum Gasteiger partial charge on any atom is 0.0874 e. The van der Waals surface area contributed by atoms with Gasteiger partial charge in [0.25, 0.3) is 0 Å². The van der Waals surface area contributed by atoms with Gasteiger partial charge in [-0.25, -0.2) is 0 Å². The quantitative estimate of drug-likeness (QED) is 0.437. The average Bonchev–Trinajstić information content (AvgIpc) is 2.69. The Morgan fingerprint density at radius 2 is 1.67 bits per heavy atom. The normalized spacial score (nSPS) is 11.8. The molecular weight excluding hydrogens is 256 g/mol. The first-order chi connectivity index (χ1) is 10.4. The fourth-order valence-corrected chi connectivity index (χ4v) is 3.34. The predicted octanol–water partition coefficient (Wildman–Crippen LogP) is 4.59. The third-order valence-electron chi connectivity index (χ3n) is 4.25. The molecule has 2 heteroatoms. The standard InChI is InChI=1S/C19H12N2/c1-2-5-14-12(4-1)10-13-8-9-20-17-11-21-16-7-3-6-15(14)19(16)18(13)17/h1-11,21H. The number of hydrogen-bond acceptors (Lipinski definition) is 1.